The molecule has 6 heteroatoms. The molecule has 0 bridgehead atoms. The fourth-order valence-electron chi connectivity index (χ4n) is 1.29. The molecule has 6 nitrogen and oxygen atoms in total. The van der Waals surface area contributed by atoms with E-state index in [1.54, 1.807) is 20.3 Å². The first-order valence-corrected chi connectivity index (χ1v) is 5.42. The van der Waals surface area contributed by atoms with Crippen LogP contribution in [0.15, 0.2) is 12.3 Å². The molecule has 0 spiro atoms. The van der Waals surface area contributed by atoms with Crippen LogP contribution in [0.4, 0.5) is 16.3 Å². The number of amides is 2. The van der Waals surface area contributed by atoms with Gasteiger partial charge in [0.25, 0.3) is 0 Å². The second-order valence-corrected chi connectivity index (χ2v) is 3.99. The Morgan fingerprint density at radius 1 is 1.47 bits per heavy atom. The number of hydrogen-bond acceptors (Lipinski definition) is 4. The highest BCUT2D eigenvalue weighted by atomic mass is 16.2. The maximum atomic E-state index is 11.2. The standard InChI is InChI=1S/C11H19N5O/c1-8-6-9(12)7-15-10(8)13-4-5-14-11(17)16(2)3/h6-7H,4-5,12H2,1-3H3,(H,13,15)(H,14,17). The van der Waals surface area contributed by atoms with Gasteiger partial charge in [0, 0.05) is 27.2 Å². The van der Waals surface area contributed by atoms with Crippen LogP contribution in [0.25, 0.3) is 0 Å². The van der Waals surface area contributed by atoms with Crippen molar-refractivity contribution in [2.24, 2.45) is 0 Å². The molecule has 1 heterocycles. The highest BCUT2D eigenvalue weighted by Crippen LogP contribution is 2.12. The minimum Gasteiger partial charge on any atom is -0.397 e. The zero-order valence-corrected chi connectivity index (χ0v) is 10.4. The fourth-order valence-corrected chi connectivity index (χ4v) is 1.29. The Labute approximate surface area is 101 Å². The lowest BCUT2D eigenvalue weighted by Gasteiger charge is -2.13. The van der Waals surface area contributed by atoms with Gasteiger partial charge in [-0.3, -0.25) is 0 Å². The van der Waals surface area contributed by atoms with E-state index in [1.165, 1.54) is 4.90 Å². The monoisotopic (exact) mass is 237 g/mol. The summed E-state index contributed by atoms with van der Waals surface area (Å²) in [6, 6.07) is 1.75. The van der Waals surface area contributed by atoms with E-state index in [0.29, 0.717) is 18.8 Å². The average molecular weight is 237 g/mol. The quantitative estimate of drug-likeness (QED) is 0.672. The lowest BCUT2D eigenvalue weighted by Crippen LogP contribution is -2.37. The molecule has 4 N–H and O–H groups in total. The Morgan fingerprint density at radius 2 is 2.18 bits per heavy atom. The van der Waals surface area contributed by atoms with Crippen molar-refractivity contribution in [3.63, 3.8) is 0 Å². The van der Waals surface area contributed by atoms with Crippen molar-refractivity contribution in [2.45, 2.75) is 6.92 Å². The molecule has 0 atom stereocenters. The van der Waals surface area contributed by atoms with Gasteiger partial charge in [-0.05, 0) is 18.6 Å². The van der Waals surface area contributed by atoms with E-state index in [9.17, 15) is 4.79 Å². The summed E-state index contributed by atoms with van der Waals surface area (Å²) >= 11 is 0. The maximum absolute atomic E-state index is 11.2. The molecule has 1 rings (SSSR count). The van der Waals surface area contributed by atoms with Crippen molar-refractivity contribution in [3.8, 4) is 0 Å². The van der Waals surface area contributed by atoms with Crippen LogP contribution >= 0.6 is 0 Å². The van der Waals surface area contributed by atoms with Gasteiger partial charge in [-0.1, -0.05) is 0 Å². The third-order valence-electron chi connectivity index (χ3n) is 2.20. The number of nitrogens with two attached hydrogens (primary N) is 1. The van der Waals surface area contributed by atoms with Gasteiger partial charge < -0.3 is 21.3 Å². The number of carbonyl (C=O) groups excluding carboxylic acids is 1. The number of anilines is 2. The van der Waals surface area contributed by atoms with E-state index in [-0.39, 0.29) is 6.03 Å². The molecule has 1 aromatic rings. The van der Waals surface area contributed by atoms with Gasteiger partial charge in [0.1, 0.15) is 5.82 Å². The fraction of sp³-hybridized carbons (Fsp3) is 0.455. The van der Waals surface area contributed by atoms with Crippen molar-refractivity contribution in [1.82, 2.24) is 15.2 Å². The number of hydrogen-bond donors (Lipinski definition) is 3. The molecule has 0 saturated heterocycles. The minimum absolute atomic E-state index is 0.103. The summed E-state index contributed by atoms with van der Waals surface area (Å²) in [4.78, 5) is 16.9. The van der Waals surface area contributed by atoms with Gasteiger partial charge in [0.2, 0.25) is 0 Å². The molecule has 0 fully saturated rings. The molecule has 0 aliphatic carbocycles. The zero-order valence-electron chi connectivity index (χ0n) is 10.4. The van der Waals surface area contributed by atoms with Gasteiger partial charge in [-0.15, -0.1) is 0 Å². The van der Waals surface area contributed by atoms with Crippen LogP contribution in [-0.2, 0) is 0 Å². The Kier molecular flexibility index (Phi) is 4.56. The number of pyridine rings is 1. The van der Waals surface area contributed by atoms with Gasteiger partial charge >= 0.3 is 6.03 Å². The number of rotatable bonds is 4. The zero-order chi connectivity index (χ0) is 12.8. The third kappa shape index (κ3) is 4.18. The number of aromatic nitrogens is 1. The van der Waals surface area contributed by atoms with Gasteiger partial charge in [0.15, 0.2) is 0 Å². The van der Waals surface area contributed by atoms with Crippen LogP contribution in [0.1, 0.15) is 5.56 Å². The van der Waals surface area contributed by atoms with Gasteiger partial charge in [-0.25, -0.2) is 9.78 Å². The predicted molar refractivity (Wildman–Crippen MR) is 69.0 cm³/mol. The minimum atomic E-state index is -0.103. The number of nitrogens with zero attached hydrogens (tertiary/aromatic N) is 2. The van der Waals surface area contributed by atoms with Crippen molar-refractivity contribution in [1.29, 1.82) is 0 Å². The average Bonchev–Trinajstić information content (AvgIpc) is 2.26. The summed E-state index contributed by atoms with van der Waals surface area (Å²) in [5.74, 6) is 0.790. The molecule has 0 unspecified atom stereocenters. The highest BCUT2D eigenvalue weighted by Gasteiger charge is 2.02. The second kappa shape index (κ2) is 5.93. The molecule has 0 radical (unpaired) electrons. The van der Waals surface area contributed by atoms with E-state index in [1.807, 2.05) is 13.0 Å². The Hall–Kier alpha value is -1.98. The van der Waals surface area contributed by atoms with Gasteiger partial charge in [-0.2, -0.15) is 0 Å². The van der Waals surface area contributed by atoms with Crippen LogP contribution < -0.4 is 16.4 Å². The van der Waals surface area contributed by atoms with Crippen LogP contribution in [0.2, 0.25) is 0 Å². The molecule has 0 aliphatic rings. The van der Waals surface area contributed by atoms with Crippen LogP contribution in [0.3, 0.4) is 0 Å². The summed E-state index contributed by atoms with van der Waals surface area (Å²) in [6.45, 7) is 3.10. The van der Waals surface area contributed by atoms with Crippen LogP contribution in [0, 0.1) is 6.92 Å². The van der Waals surface area contributed by atoms with E-state index in [2.05, 4.69) is 15.6 Å². The number of aryl methyl sites for hydroxylation is 1. The molecule has 94 valence electrons. The molecular weight excluding hydrogens is 218 g/mol. The van der Waals surface area contributed by atoms with E-state index >= 15 is 0 Å². The van der Waals surface area contributed by atoms with E-state index in [0.717, 1.165) is 11.4 Å². The lowest BCUT2D eigenvalue weighted by atomic mass is 10.2. The summed E-state index contributed by atoms with van der Waals surface area (Å²) in [7, 11) is 3.41. The van der Waals surface area contributed by atoms with E-state index < -0.39 is 0 Å². The molecule has 17 heavy (non-hydrogen) atoms. The Morgan fingerprint density at radius 3 is 2.76 bits per heavy atom. The molecule has 2 amide bonds. The van der Waals surface area contributed by atoms with Crippen LogP contribution in [-0.4, -0.2) is 43.1 Å². The Bertz CT molecular complexity index is 391. The first-order valence-electron chi connectivity index (χ1n) is 5.42. The highest BCUT2D eigenvalue weighted by molar-refractivity contribution is 5.73. The summed E-state index contributed by atoms with van der Waals surface area (Å²) < 4.78 is 0. The molecule has 1 aromatic heterocycles. The molecule has 0 aliphatic heterocycles. The van der Waals surface area contributed by atoms with Gasteiger partial charge in [0.05, 0.1) is 11.9 Å². The van der Waals surface area contributed by atoms with Crippen molar-refractivity contribution >= 4 is 17.5 Å². The molecular formula is C11H19N5O. The van der Waals surface area contributed by atoms with Crippen LogP contribution in [0.5, 0.6) is 0 Å². The van der Waals surface area contributed by atoms with Crippen molar-refractivity contribution < 1.29 is 4.79 Å². The van der Waals surface area contributed by atoms with E-state index in [4.69, 9.17) is 5.73 Å². The summed E-state index contributed by atoms with van der Waals surface area (Å²) in [6.07, 6.45) is 1.60. The first kappa shape index (κ1) is 13.1. The molecule has 0 saturated carbocycles. The maximum Gasteiger partial charge on any atom is 0.316 e. The number of urea groups is 1. The lowest BCUT2D eigenvalue weighted by molar-refractivity contribution is 0.218. The van der Waals surface area contributed by atoms with Crippen molar-refractivity contribution in [3.05, 3.63) is 17.8 Å². The second-order valence-electron chi connectivity index (χ2n) is 3.99. The molecule has 0 aromatic carbocycles. The number of nitrogens with one attached hydrogen (secondary N) is 2. The largest absolute Gasteiger partial charge is 0.397 e. The normalized spacial score (nSPS) is 9.82. The number of nitrogen functional groups attached to an aromatic ring is 1. The number of carbonyl (C=O) groups is 1. The first-order chi connectivity index (χ1) is 8.00. The Balaban J connectivity index is 2.34. The topological polar surface area (TPSA) is 83.3 Å². The predicted octanol–water partition coefficient (Wildman–Crippen LogP) is 0.655. The van der Waals surface area contributed by atoms with Crippen molar-refractivity contribution in [2.75, 3.05) is 38.2 Å². The summed E-state index contributed by atoms with van der Waals surface area (Å²) in [5.41, 5.74) is 7.24. The summed E-state index contributed by atoms with van der Waals surface area (Å²) in [5, 5.41) is 5.89. The third-order valence-corrected chi connectivity index (χ3v) is 2.20. The smallest absolute Gasteiger partial charge is 0.316 e. The SMILES string of the molecule is Cc1cc(N)cnc1NCCNC(=O)N(C)C.